The van der Waals surface area contributed by atoms with Crippen LogP contribution in [-0.4, -0.2) is 51.8 Å². The first-order valence-electron chi connectivity index (χ1n) is 8.01. The fourth-order valence-corrected chi connectivity index (χ4v) is 7.20. The first-order valence-corrected chi connectivity index (χ1v) is 11.4. The van der Waals surface area contributed by atoms with Crippen LogP contribution in [0.3, 0.4) is 0 Å². The van der Waals surface area contributed by atoms with Crippen LogP contribution in [0, 0.1) is 6.92 Å². The molecule has 6 nitrogen and oxygen atoms in total. The molecule has 24 heavy (non-hydrogen) atoms. The van der Waals surface area contributed by atoms with Crippen molar-refractivity contribution < 1.29 is 21.6 Å². The molecule has 2 heterocycles. The van der Waals surface area contributed by atoms with Gasteiger partial charge in [-0.25, -0.2) is 16.8 Å². The molecule has 134 valence electrons. The molecular formula is C16H23NO5S2. The Hall–Kier alpha value is -1.12. The minimum Gasteiger partial charge on any atom is -0.495 e. The maximum absolute atomic E-state index is 13.2. The Bertz CT molecular complexity index is 833. The lowest BCUT2D eigenvalue weighted by Crippen LogP contribution is -2.49. The third-order valence-corrected chi connectivity index (χ3v) is 8.73. The standard InChI is InChI=1S/C16H23NO5S2/c1-11-4-7-15(22-2)16(8-11)24(20,21)17-12-5-6-13(17)10-14(9-12)23(3,18)19/h4,7-8,12-14H,5-6,9-10H2,1-3H3. The number of aryl methyl sites for hydroxylation is 1. The van der Waals surface area contributed by atoms with Gasteiger partial charge < -0.3 is 4.74 Å². The predicted octanol–water partition coefficient (Wildman–Crippen LogP) is 1.73. The van der Waals surface area contributed by atoms with E-state index >= 15 is 0 Å². The highest BCUT2D eigenvalue weighted by molar-refractivity contribution is 7.91. The van der Waals surface area contributed by atoms with E-state index < -0.39 is 25.1 Å². The predicted molar refractivity (Wildman–Crippen MR) is 91.4 cm³/mol. The Morgan fingerprint density at radius 2 is 1.67 bits per heavy atom. The highest BCUT2D eigenvalue weighted by Gasteiger charge is 2.49. The number of sulfone groups is 1. The molecule has 2 aliphatic rings. The second-order valence-corrected chi connectivity index (χ2v) is 10.9. The SMILES string of the molecule is COc1ccc(C)cc1S(=O)(=O)N1C2CCC1CC(S(C)(=O)=O)C2. The topological polar surface area (TPSA) is 80.8 Å². The van der Waals surface area contributed by atoms with Crippen molar-refractivity contribution in [1.29, 1.82) is 0 Å². The average Bonchev–Trinajstić information content (AvgIpc) is 2.77. The number of fused-ring (bicyclic) bond motifs is 2. The summed E-state index contributed by atoms with van der Waals surface area (Å²) in [5, 5.41) is -0.444. The molecule has 0 N–H and O–H groups in total. The molecule has 3 rings (SSSR count). The Labute approximate surface area is 143 Å². The summed E-state index contributed by atoms with van der Waals surface area (Å²) in [4.78, 5) is 0.166. The van der Waals surface area contributed by atoms with Gasteiger partial charge in [-0.2, -0.15) is 4.31 Å². The number of methoxy groups -OCH3 is 1. The minimum absolute atomic E-state index is 0.166. The number of nitrogens with zero attached hydrogens (tertiary/aromatic N) is 1. The second kappa shape index (κ2) is 6.00. The highest BCUT2D eigenvalue weighted by atomic mass is 32.2. The first-order chi connectivity index (χ1) is 11.1. The van der Waals surface area contributed by atoms with E-state index in [9.17, 15) is 16.8 Å². The molecule has 0 spiro atoms. The summed E-state index contributed by atoms with van der Waals surface area (Å²) in [7, 11) is -5.42. The van der Waals surface area contributed by atoms with Crippen molar-refractivity contribution >= 4 is 19.9 Å². The van der Waals surface area contributed by atoms with Gasteiger partial charge in [0.05, 0.1) is 12.4 Å². The van der Waals surface area contributed by atoms with E-state index in [-0.39, 0.29) is 17.0 Å². The van der Waals surface area contributed by atoms with Crippen LogP contribution in [0.25, 0.3) is 0 Å². The molecule has 0 aliphatic carbocycles. The van der Waals surface area contributed by atoms with Crippen molar-refractivity contribution in [3.05, 3.63) is 23.8 Å². The molecule has 2 saturated heterocycles. The molecule has 8 heteroatoms. The Kier molecular flexibility index (Phi) is 4.42. The maximum atomic E-state index is 13.2. The third-order valence-electron chi connectivity index (χ3n) is 5.10. The summed E-state index contributed by atoms with van der Waals surface area (Å²) in [6.45, 7) is 1.84. The van der Waals surface area contributed by atoms with E-state index in [1.807, 2.05) is 13.0 Å². The van der Waals surface area contributed by atoms with Crippen LogP contribution in [0.15, 0.2) is 23.1 Å². The van der Waals surface area contributed by atoms with E-state index in [2.05, 4.69) is 0 Å². The van der Waals surface area contributed by atoms with Crippen molar-refractivity contribution in [3.8, 4) is 5.75 Å². The molecule has 2 bridgehead atoms. The molecular weight excluding hydrogens is 350 g/mol. The molecule has 2 aliphatic heterocycles. The largest absolute Gasteiger partial charge is 0.495 e. The van der Waals surface area contributed by atoms with Gasteiger partial charge in [-0.05, 0) is 50.3 Å². The van der Waals surface area contributed by atoms with Gasteiger partial charge in [-0.15, -0.1) is 0 Å². The molecule has 0 amide bonds. The lowest BCUT2D eigenvalue weighted by Gasteiger charge is -2.37. The quantitative estimate of drug-likeness (QED) is 0.803. The summed E-state index contributed by atoms with van der Waals surface area (Å²) in [5.74, 6) is 0.324. The van der Waals surface area contributed by atoms with Crippen LogP contribution in [0.1, 0.15) is 31.2 Å². The van der Waals surface area contributed by atoms with Crippen LogP contribution in [0.2, 0.25) is 0 Å². The maximum Gasteiger partial charge on any atom is 0.247 e. The lowest BCUT2D eigenvalue weighted by atomic mass is 10.1. The molecule has 2 fully saturated rings. The van der Waals surface area contributed by atoms with Gasteiger partial charge in [0.1, 0.15) is 20.5 Å². The highest BCUT2D eigenvalue weighted by Crippen LogP contribution is 2.43. The Morgan fingerprint density at radius 3 is 2.17 bits per heavy atom. The zero-order valence-corrected chi connectivity index (χ0v) is 15.7. The van der Waals surface area contributed by atoms with Crippen molar-refractivity contribution in [2.75, 3.05) is 13.4 Å². The first kappa shape index (κ1) is 17.7. The van der Waals surface area contributed by atoms with Gasteiger partial charge in [0.25, 0.3) is 0 Å². The van der Waals surface area contributed by atoms with Gasteiger partial charge in [-0.1, -0.05) is 6.07 Å². The van der Waals surface area contributed by atoms with Gasteiger partial charge in [-0.3, -0.25) is 0 Å². The summed E-state index contributed by atoms with van der Waals surface area (Å²) in [6, 6.07) is 4.59. The molecule has 0 aromatic heterocycles. The number of sulfonamides is 1. The molecule has 2 unspecified atom stereocenters. The third kappa shape index (κ3) is 2.95. The molecule has 2 atom stereocenters. The number of hydrogen-bond donors (Lipinski definition) is 0. The zero-order chi connectivity index (χ0) is 17.7. The fourth-order valence-electron chi connectivity index (χ4n) is 3.93. The van der Waals surface area contributed by atoms with Crippen molar-refractivity contribution in [2.24, 2.45) is 0 Å². The Morgan fingerprint density at radius 1 is 1.08 bits per heavy atom. The van der Waals surface area contributed by atoms with Crippen molar-refractivity contribution in [1.82, 2.24) is 4.31 Å². The average molecular weight is 373 g/mol. The summed E-state index contributed by atoms with van der Waals surface area (Å²) in [5.41, 5.74) is 0.841. The monoisotopic (exact) mass is 373 g/mol. The van der Waals surface area contributed by atoms with Crippen LogP contribution in [0.5, 0.6) is 5.75 Å². The van der Waals surface area contributed by atoms with Gasteiger partial charge >= 0.3 is 0 Å². The van der Waals surface area contributed by atoms with Crippen LogP contribution in [-0.2, 0) is 19.9 Å². The number of ether oxygens (including phenoxy) is 1. The van der Waals surface area contributed by atoms with E-state index in [1.54, 1.807) is 12.1 Å². The van der Waals surface area contributed by atoms with Crippen molar-refractivity contribution in [2.45, 2.75) is 54.8 Å². The summed E-state index contributed by atoms with van der Waals surface area (Å²) < 4.78 is 57.0. The van der Waals surface area contributed by atoms with E-state index in [4.69, 9.17) is 4.74 Å². The smallest absolute Gasteiger partial charge is 0.247 e. The second-order valence-electron chi connectivity index (χ2n) is 6.80. The molecule has 0 saturated carbocycles. The van der Waals surface area contributed by atoms with Crippen LogP contribution >= 0.6 is 0 Å². The van der Waals surface area contributed by atoms with E-state index in [0.29, 0.717) is 31.4 Å². The summed E-state index contributed by atoms with van der Waals surface area (Å²) in [6.07, 6.45) is 3.42. The fraction of sp³-hybridized carbons (Fsp3) is 0.625. The number of rotatable bonds is 4. The number of piperidine rings is 1. The molecule has 1 aromatic carbocycles. The van der Waals surface area contributed by atoms with Gasteiger partial charge in [0.2, 0.25) is 10.0 Å². The zero-order valence-electron chi connectivity index (χ0n) is 14.1. The molecule has 0 radical (unpaired) electrons. The Balaban J connectivity index is 2.00. The number of hydrogen-bond acceptors (Lipinski definition) is 5. The van der Waals surface area contributed by atoms with E-state index in [0.717, 1.165) is 5.56 Å². The van der Waals surface area contributed by atoms with Crippen LogP contribution in [0.4, 0.5) is 0 Å². The minimum atomic E-state index is -3.72. The van der Waals surface area contributed by atoms with Crippen LogP contribution < -0.4 is 4.74 Å². The lowest BCUT2D eigenvalue weighted by molar-refractivity contribution is 0.248. The summed E-state index contributed by atoms with van der Waals surface area (Å²) >= 11 is 0. The number of benzene rings is 1. The van der Waals surface area contributed by atoms with Gasteiger partial charge in [0, 0.05) is 18.3 Å². The van der Waals surface area contributed by atoms with Gasteiger partial charge in [0.15, 0.2) is 0 Å². The van der Waals surface area contributed by atoms with E-state index in [1.165, 1.54) is 17.7 Å². The molecule has 1 aromatic rings. The van der Waals surface area contributed by atoms with Crippen molar-refractivity contribution in [3.63, 3.8) is 0 Å². The normalized spacial score (nSPS) is 28.0.